The molecule has 0 spiro atoms. The van der Waals surface area contributed by atoms with E-state index in [-0.39, 0.29) is 138 Å². The van der Waals surface area contributed by atoms with Crippen LogP contribution in [-0.4, -0.2) is 71.1 Å². The Morgan fingerprint density at radius 2 is 0.912 bits per heavy atom. The third-order valence-corrected chi connectivity index (χ3v) is 12.5. The minimum absolute atomic E-state index is 0. The van der Waals surface area contributed by atoms with E-state index in [1.54, 1.807) is 82.6 Å². The number of ketones is 3. The molecule has 32 heteroatoms. The van der Waals surface area contributed by atoms with E-state index in [1.165, 1.54) is 79.7 Å². The van der Waals surface area contributed by atoms with Gasteiger partial charge in [0.05, 0.1) is 77.6 Å². The number of benzene rings is 5. The normalized spacial score (nSPS) is 10.7. The number of aromatic amines is 2. The van der Waals surface area contributed by atoms with Crippen molar-refractivity contribution in [1.82, 2.24) is 9.97 Å². The summed E-state index contributed by atoms with van der Waals surface area (Å²) >= 11 is 29.0. The molecule has 2 heterocycles. The molecule has 7 aromatic rings. The van der Waals surface area contributed by atoms with Gasteiger partial charge in [-0.2, -0.15) is 58.7 Å². The number of rotatable bonds is 20. The molecule has 1 atom stereocenters. The zero-order chi connectivity index (χ0) is 75.5. The summed E-state index contributed by atoms with van der Waals surface area (Å²) < 4.78 is 115. The monoisotopic (exact) mass is 1530 g/mol. The summed E-state index contributed by atoms with van der Waals surface area (Å²) in [6, 6.07) is 34.2. The van der Waals surface area contributed by atoms with E-state index in [0.29, 0.717) is 72.3 Å². The smallest absolute Gasteiger partial charge is 0.870 e. The number of H-pyrrole nitrogens is 2. The zero-order valence-corrected chi connectivity index (χ0v) is 62.6. The molecule has 0 radical (unpaired) electrons. The molecular weight excluding hydrogens is 1480 g/mol. The van der Waals surface area contributed by atoms with Crippen molar-refractivity contribution in [2.24, 2.45) is 0 Å². The molecule has 532 valence electrons. The van der Waals surface area contributed by atoms with Crippen LogP contribution in [0.25, 0.3) is 0 Å². The van der Waals surface area contributed by atoms with Gasteiger partial charge in [-0.05, 0) is 162 Å². The molecule has 0 aliphatic heterocycles. The van der Waals surface area contributed by atoms with Crippen molar-refractivity contribution < 1.29 is 131 Å². The molecule has 5 aromatic carbocycles. The number of pyridine rings is 2. The summed E-state index contributed by atoms with van der Waals surface area (Å²) in [5.74, 6) is -2.75. The number of alkyl halides is 6. The first kappa shape index (κ1) is 92.8. The van der Waals surface area contributed by atoms with Crippen LogP contribution < -0.4 is 86.2 Å². The van der Waals surface area contributed by atoms with Gasteiger partial charge in [-0.3, -0.25) is 24.0 Å². The number of hydrogen-bond donors (Lipinski definition) is 2. The fourth-order valence-electron chi connectivity index (χ4n) is 7.26. The minimum Gasteiger partial charge on any atom is -0.870 e. The van der Waals surface area contributed by atoms with Crippen molar-refractivity contribution in [2.45, 2.75) is 80.8 Å². The van der Waals surface area contributed by atoms with Crippen LogP contribution in [-0.2, 0) is 23.9 Å². The van der Waals surface area contributed by atoms with E-state index in [0.717, 1.165) is 26.4 Å². The maximum absolute atomic E-state index is 13.2. The van der Waals surface area contributed by atoms with Crippen LogP contribution in [0.4, 0.5) is 26.3 Å². The van der Waals surface area contributed by atoms with Gasteiger partial charge < -0.3 is 48.6 Å². The summed E-state index contributed by atoms with van der Waals surface area (Å²) in [7, 11) is 0. The number of halogens is 11. The number of Topliss-reactive ketones (excluding diaryl/α,β-unsaturated/α-hetero) is 3. The van der Waals surface area contributed by atoms with Gasteiger partial charge in [-0.25, -0.2) is 0 Å². The number of allylic oxidation sites excluding steroid dienone is 3. The number of aryl methyl sites for hydroxylation is 2. The third-order valence-electron chi connectivity index (χ3n) is 11.4. The van der Waals surface area contributed by atoms with Crippen LogP contribution in [0.3, 0.4) is 0 Å². The summed E-state index contributed by atoms with van der Waals surface area (Å²) in [5, 5.41) is 45.4. The second kappa shape index (κ2) is 47.1. The Kier molecular flexibility index (Phi) is 42.8. The quantitative estimate of drug-likeness (QED) is 0.0179. The van der Waals surface area contributed by atoms with Crippen LogP contribution in [0, 0.1) is 76.4 Å². The minimum atomic E-state index is -4.84. The van der Waals surface area contributed by atoms with Gasteiger partial charge in [0.1, 0.15) is 47.0 Å². The molecule has 102 heavy (non-hydrogen) atoms. The average molecular weight is 1540 g/mol. The van der Waals surface area contributed by atoms with E-state index < -0.39 is 47.3 Å². The van der Waals surface area contributed by atoms with Crippen LogP contribution in [0.5, 0.6) is 40.2 Å². The van der Waals surface area contributed by atoms with Gasteiger partial charge in [-0.1, -0.05) is 84.0 Å². The number of nitrogens with zero attached hydrogens (tertiary/aromatic N) is 5. The van der Waals surface area contributed by atoms with E-state index in [1.807, 2.05) is 32.1 Å². The molecule has 0 bridgehead atoms. The van der Waals surface area contributed by atoms with Crippen molar-refractivity contribution in [3.8, 4) is 70.6 Å². The molecule has 1 unspecified atom stereocenters. The molecule has 7 rings (SSSR count). The fraction of sp³-hybridized carbons (Fsp3) is 0.214. The standard InChI is InChI=1S/C16H14ClF3NO3.C16H13ClF3NO3.2C13H9ClN2O2.C10H8ClNO2.C2H6.K.H2O/c2*1-3-23-5-4-14(16(18,19)20)15(10(2)22)24-13-7-11(9-21)6-12(17)8-13;2*1-8-2-3-16-13(17)12(8)18-11-5-9(7-15)4-10(14)6-11;1-7(13)6-14-10-3-8(5-12)2-9(11)4-10;1-2;;/h4-8,15H,3H2,1-2H3;4-8H,3H2,1-2H3;2*2-6H,1H3,(H,16,17);2-4H,6H2,1H3;1-2H3;;1H2/q-1;;;;;;+1;/p-1/b5-4+;5-4+,15-14+;;;;;;. The molecule has 0 amide bonds. The van der Waals surface area contributed by atoms with E-state index >= 15 is 0 Å². The van der Waals surface area contributed by atoms with E-state index in [4.69, 9.17) is 117 Å². The van der Waals surface area contributed by atoms with Gasteiger partial charge >= 0.3 is 63.7 Å². The maximum atomic E-state index is 13.2. The molecule has 0 saturated heterocycles. The molecule has 0 aliphatic rings. The van der Waals surface area contributed by atoms with E-state index in [2.05, 4.69) is 9.97 Å². The van der Waals surface area contributed by atoms with Gasteiger partial charge in [0.25, 0.3) is 11.1 Å². The Hall–Kier alpha value is -9.22. The molecule has 2 aromatic heterocycles. The van der Waals surface area contributed by atoms with E-state index in [9.17, 15) is 50.3 Å². The van der Waals surface area contributed by atoms with Crippen LogP contribution in [0.1, 0.15) is 87.4 Å². The number of carbonyl (C=O) groups is 3. The molecule has 20 nitrogen and oxygen atoms in total. The molecule has 0 aliphatic carbocycles. The molecule has 0 fully saturated rings. The summed E-state index contributed by atoms with van der Waals surface area (Å²) in [5.41, 5.74) is 0.802. The van der Waals surface area contributed by atoms with Gasteiger partial charge in [0.15, 0.2) is 34.6 Å². The first-order chi connectivity index (χ1) is 47.2. The Morgan fingerprint density at radius 1 is 0.559 bits per heavy atom. The molecule has 0 saturated carbocycles. The third kappa shape index (κ3) is 33.5. The largest absolute Gasteiger partial charge is 1.00 e. The predicted molar refractivity (Wildman–Crippen MR) is 364 cm³/mol. The van der Waals surface area contributed by atoms with Crippen LogP contribution >= 0.6 is 58.0 Å². The first-order valence-electron chi connectivity index (χ1n) is 28.7. The van der Waals surface area contributed by atoms with Crippen molar-refractivity contribution in [2.75, 3.05) is 19.8 Å². The summed E-state index contributed by atoms with van der Waals surface area (Å²) in [6.07, 6.45) is -5.54. The van der Waals surface area contributed by atoms with Crippen molar-refractivity contribution in [3.63, 3.8) is 0 Å². The van der Waals surface area contributed by atoms with Gasteiger partial charge in [0.2, 0.25) is 0 Å². The topological polar surface area (TPSA) is 330 Å². The fourth-order valence-corrected chi connectivity index (χ4v) is 8.38. The Morgan fingerprint density at radius 3 is 1.25 bits per heavy atom. The second-order valence-corrected chi connectivity index (χ2v) is 21.4. The van der Waals surface area contributed by atoms with Crippen molar-refractivity contribution >= 4 is 75.4 Å². The maximum Gasteiger partial charge on any atom is 1.00 e. The number of nitrogens with one attached hydrogen (secondary N) is 2. The Labute approximate surface area is 650 Å². The number of aromatic nitrogens is 2. The number of hydrogen-bond acceptors (Lipinski definition) is 18. The number of nitriles is 5. The van der Waals surface area contributed by atoms with Crippen LogP contribution in [0.15, 0.2) is 161 Å². The summed E-state index contributed by atoms with van der Waals surface area (Å²) in [4.78, 5) is 62.2. The van der Waals surface area contributed by atoms with Crippen LogP contribution in [0.2, 0.25) is 25.1 Å². The SMILES string of the molecule is CC.CC(=O)COc1cc(Cl)cc(C#N)c1.CCO/C=C/C(=C(\Oc1cc(Cl)cc(C#N)c1)C(C)=O)C(F)(F)F.CCO/C=C/[C-](C(Oc1cc(Cl)cc(C#N)c1)C(C)=O)C(F)(F)F.Cc1cc[nH]c(=O)c1Oc1cc(Cl)cc(C#N)c1.Cc1cc[nH]c(=O)c1Oc1cc(Cl)cc(C#N)c1.[K+].[OH-]. The molecular formula is C70H60Cl5F6KN7O13-. The predicted octanol–water partition coefficient (Wildman–Crippen LogP) is 14.8. The number of carbonyl (C=O) groups excluding carboxylic acids is 3. The Bertz CT molecular complexity index is 4320. The second-order valence-electron chi connectivity index (χ2n) is 19.2. The van der Waals surface area contributed by atoms with Gasteiger partial charge in [0, 0.05) is 44.4 Å². The van der Waals surface area contributed by atoms with Gasteiger partial charge in [-0.15, -0.1) is 0 Å². The van der Waals surface area contributed by atoms with Crippen molar-refractivity contribution in [3.05, 3.63) is 242 Å². The summed E-state index contributed by atoms with van der Waals surface area (Å²) in [6.45, 7) is 14.4. The van der Waals surface area contributed by atoms with Crippen molar-refractivity contribution in [1.29, 1.82) is 26.3 Å². The number of ether oxygens (including phenoxy) is 7. The molecule has 3 N–H and O–H groups in total. The average Bonchev–Trinajstić information content (AvgIpc) is 0.844. The zero-order valence-electron chi connectivity index (χ0n) is 55.7. The Balaban J connectivity index is 0.00000125. The first-order valence-corrected chi connectivity index (χ1v) is 30.6.